The van der Waals surface area contributed by atoms with Crippen LogP contribution in [0.3, 0.4) is 0 Å². The van der Waals surface area contributed by atoms with Gasteiger partial charge in [0.2, 0.25) is 5.88 Å². The summed E-state index contributed by atoms with van der Waals surface area (Å²) in [5, 5.41) is 18.5. The highest BCUT2D eigenvalue weighted by molar-refractivity contribution is 6.61. The monoisotopic (exact) mass is 257 g/mol. The fraction of sp³-hybridized carbons (Fsp3) is 0.154. The van der Waals surface area contributed by atoms with Gasteiger partial charge < -0.3 is 19.5 Å². The first-order chi connectivity index (χ1) is 9.26. The molecule has 0 amide bonds. The molecule has 0 atom stereocenters. The number of fused-ring (bicyclic) bond motifs is 1. The van der Waals surface area contributed by atoms with Gasteiger partial charge in [-0.25, -0.2) is 4.98 Å². The van der Waals surface area contributed by atoms with Crippen molar-refractivity contribution < 1.29 is 19.5 Å². The van der Waals surface area contributed by atoms with E-state index in [9.17, 15) is 5.02 Å². The van der Waals surface area contributed by atoms with Crippen molar-refractivity contribution in [3.05, 3.63) is 47.7 Å². The molecular weight excluding hydrogens is 245 g/mol. The van der Waals surface area contributed by atoms with Crippen molar-refractivity contribution in [1.29, 1.82) is 0 Å². The molecule has 0 fully saturated rings. The molecule has 1 aromatic heterocycles. The minimum absolute atomic E-state index is 0.0403. The van der Waals surface area contributed by atoms with Crippen LogP contribution in [0.15, 0.2) is 36.5 Å². The van der Waals surface area contributed by atoms with E-state index in [0.717, 1.165) is 16.6 Å². The molecule has 5 nitrogen and oxygen atoms in total. The average Bonchev–Trinajstić information content (AvgIpc) is 2.81. The molecule has 2 N–H and O–H groups in total. The Morgan fingerprint density at radius 2 is 2.21 bits per heavy atom. The predicted molar refractivity (Wildman–Crippen MR) is 69.1 cm³/mol. The molecule has 0 radical (unpaired) electrons. The Morgan fingerprint density at radius 1 is 1.32 bits per heavy atom. The average molecular weight is 257 g/mol. The highest BCUT2D eigenvalue weighted by atomic mass is 16.5. The van der Waals surface area contributed by atoms with E-state index in [1.165, 1.54) is 0 Å². The number of nitrogens with zero attached hydrogens (tertiary/aromatic N) is 1. The lowest BCUT2D eigenvalue weighted by molar-refractivity contribution is 0.275. The number of benzene rings is 1. The second-order valence-corrected chi connectivity index (χ2v) is 4.29. The molecule has 3 rings (SSSR count). The van der Waals surface area contributed by atoms with Crippen LogP contribution in [0.4, 0.5) is 0 Å². The second-order valence-electron chi connectivity index (χ2n) is 4.29. The van der Waals surface area contributed by atoms with E-state index < -0.39 is 7.12 Å². The van der Waals surface area contributed by atoms with Crippen LogP contribution in [0.25, 0.3) is 0 Å². The Kier molecular flexibility index (Phi) is 3.21. The van der Waals surface area contributed by atoms with E-state index in [-0.39, 0.29) is 6.61 Å². The first-order valence-electron chi connectivity index (χ1n) is 5.92. The molecule has 0 saturated heterocycles. The van der Waals surface area contributed by atoms with E-state index in [2.05, 4.69) is 4.98 Å². The minimum Gasteiger partial charge on any atom is -0.439 e. The highest BCUT2D eigenvalue weighted by Gasteiger charge is 2.27. The van der Waals surface area contributed by atoms with E-state index in [0.29, 0.717) is 18.2 Å². The Morgan fingerprint density at radius 3 is 2.95 bits per heavy atom. The van der Waals surface area contributed by atoms with Crippen LogP contribution in [0.5, 0.6) is 11.6 Å². The van der Waals surface area contributed by atoms with Crippen LogP contribution in [-0.4, -0.2) is 22.2 Å². The summed E-state index contributed by atoms with van der Waals surface area (Å²) in [6, 6.07) is 8.82. The fourth-order valence-corrected chi connectivity index (χ4v) is 1.96. The van der Waals surface area contributed by atoms with Gasteiger partial charge in [0.15, 0.2) is 0 Å². The maximum Gasteiger partial charge on any atom is 0.491 e. The zero-order chi connectivity index (χ0) is 13.2. The molecule has 0 aliphatic carbocycles. The van der Waals surface area contributed by atoms with Gasteiger partial charge in [0.1, 0.15) is 5.75 Å². The zero-order valence-electron chi connectivity index (χ0n) is 10.1. The summed E-state index contributed by atoms with van der Waals surface area (Å²) >= 11 is 0. The van der Waals surface area contributed by atoms with Gasteiger partial charge in [0, 0.05) is 12.3 Å². The van der Waals surface area contributed by atoms with Crippen molar-refractivity contribution in [2.45, 2.75) is 13.2 Å². The van der Waals surface area contributed by atoms with E-state index in [4.69, 9.17) is 14.5 Å². The van der Waals surface area contributed by atoms with Gasteiger partial charge in [0.25, 0.3) is 0 Å². The molecule has 1 aliphatic rings. The Balaban J connectivity index is 1.79. The number of ether oxygens (including phenoxy) is 1. The molecule has 0 saturated carbocycles. The van der Waals surface area contributed by atoms with Gasteiger partial charge in [-0.1, -0.05) is 6.07 Å². The third-order valence-corrected chi connectivity index (χ3v) is 2.98. The number of hydrogen-bond acceptors (Lipinski definition) is 5. The molecule has 0 unspecified atom stereocenters. The number of pyridine rings is 1. The van der Waals surface area contributed by atoms with Crippen LogP contribution in [0.1, 0.15) is 11.1 Å². The Labute approximate surface area is 110 Å². The summed E-state index contributed by atoms with van der Waals surface area (Å²) < 4.78 is 10.7. The molecule has 2 aromatic rings. The maximum absolute atomic E-state index is 9.52. The normalized spacial score (nSPS) is 13.5. The topological polar surface area (TPSA) is 71.8 Å². The van der Waals surface area contributed by atoms with Gasteiger partial charge >= 0.3 is 7.12 Å². The van der Waals surface area contributed by atoms with Crippen LogP contribution in [-0.2, 0) is 17.9 Å². The van der Waals surface area contributed by atoms with E-state index >= 15 is 0 Å². The Bertz CT molecular complexity index is 588. The van der Waals surface area contributed by atoms with Crippen LogP contribution in [0.2, 0.25) is 0 Å². The van der Waals surface area contributed by atoms with Crippen LogP contribution < -0.4 is 10.2 Å². The van der Waals surface area contributed by atoms with Crippen molar-refractivity contribution in [3.8, 4) is 11.6 Å². The maximum atomic E-state index is 9.52. The molecular formula is C13H12BNO4. The molecule has 1 aliphatic heterocycles. The predicted octanol–water partition coefficient (Wildman–Crippen LogP) is 0.584. The van der Waals surface area contributed by atoms with Crippen molar-refractivity contribution in [2.24, 2.45) is 0 Å². The zero-order valence-corrected chi connectivity index (χ0v) is 10.1. The second kappa shape index (κ2) is 5.01. The third kappa shape index (κ3) is 2.46. The van der Waals surface area contributed by atoms with Crippen LogP contribution >= 0.6 is 0 Å². The molecule has 2 heterocycles. The lowest BCUT2D eigenvalue weighted by atomic mass is 9.80. The number of aliphatic hydroxyl groups excluding tert-OH is 1. The number of rotatable bonds is 3. The van der Waals surface area contributed by atoms with E-state index in [1.807, 2.05) is 6.07 Å². The number of hydrogen-bond donors (Lipinski definition) is 2. The highest BCUT2D eigenvalue weighted by Crippen LogP contribution is 2.22. The van der Waals surface area contributed by atoms with Gasteiger partial charge in [0.05, 0.1) is 13.2 Å². The fourth-order valence-electron chi connectivity index (χ4n) is 1.96. The lowest BCUT2D eigenvalue weighted by Gasteiger charge is -2.06. The smallest absolute Gasteiger partial charge is 0.439 e. The summed E-state index contributed by atoms with van der Waals surface area (Å²) in [6.45, 7) is 0.339. The molecule has 0 spiro atoms. The van der Waals surface area contributed by atoms with Gasteiger partial charge in [-0.15, -0.1) is 0 Å². The van der Waals surface area contributed by atoms with Crippen LogP contribution in [0, 0.1) is 0 Å². The summed E-state index contributed by atoms with van der Waals surface area (Å²) in [5.41, 5.74) is 2.42. The summed E-state index contributed by atoms with van der Waals surface area (Å²) in [7, 11) is -0.842. The molecule has 0 bridgehead atoms. The molecule has 96 valence electrons. The summed E-state index contributed by atoms with van der Waals surface area (Å²) in [6.07, 6.45) is 1.57. The van der Waals surface area contributed by atoms with Crippen molar-refractivity contribution in [3.63, 3.8) is 0 Å². The van der Waals surface area contributed by atoms with Crippen molar-refractivity contribution >= 4 is 12.6 Å². The van der Waals surface area contributed by atoms with Crippen molar-refractivity contribution in [1.82, 2.24) is 4.98 Å². The standard InChI is InChI=1S/C13H12BNO4/c16-7-9-1-4-13(15-6-9)19-11-2-3-12-10(5-11)8-18-14(12)17/h1-6,16-17H,7-8H2. The third-order valence-electron chi connectivity index (χ3n) is 2.98. The molecule has 19 heavy (non-hydrogen) atoms. The largest absolute Gasteiger partial charge is 0.491 e. The van der Waals surface area contributed by atoms with Gasteiger partial charge in [-0.3, -0.25) is 0 Å². The summed E-state index contributed by atoms with van der Waals surface area (Å²) in [5.74, 6) is 1.09. The van der Waals surface area contributed by atoms with Gasteiger partial charge in [-0.2, -0.15) is 0 Å². The quantitative estimate of drug-likeness (QED) is 0.787. The van der Waals surface area contributed by atoms with Gasteiger partial charge in [-0.05, 0) is 34.8 Å². The van der Waals surface area contributed by atoms with Crippen molar-refractivity contribution in [2.75, 3.05) is 0 Å². The molecule has 6 heteroatoms. The lowest BCUT2D eigenvalue weighted by Crippen LogP contribution is -2.27. The number of aliphatic hydroxyl groups is 1. The molecule has 1 aromatic carbocycles. The first kappa shape index (κ1) is 12.2. The summed E-state index contributed by atoms with van der Waals surface area (Å²) in [4.78, 5) is 4.09. The minimum atomic E-state index is -0.842. The van der Waals surface area contributed by atoms with E-state index in [1.54, 1.807) is 30.5 Å². The Hall–Kier alpha value is -1.89. The number of aromatic nitrogens is 1. The first-order valence-corrected chi connectivity index (χ1v) is 5.92. The SMILES string of the molecule is OCc1ccc(Oc2ccc3c(c2)COB3O)nc1.